The van der Waals surface area contributed by atoms with Crippen LogP contribution in [0.5, 0.6) is 0 Å². The van der Waals surface area contributed by atoms with Crippen LogP contribution in [0.3, 0.4) is 0 Å². The number of rotatable bonds is 4. The summed E-state index contributed by atoms with van der Waals surface area (Å²) in [6.45, 7) is 4.61. The van der Waals surface area contributed by atoms with E-state index in [0.717, 1.165) is 11.8 Å². The van der Waals surface area contributed by atoms with E-state index in [1.54, 1.807) is 0 Å². The van der Waals surface area contributed by atoms with Crippen LogP contribution in [0, 0.1) is 11.8 Å². The van der Waals surface area contributed by atoms with E-state index in [9.17, 15) is 0 Å². The fraction of sp³-hybridized carbons (Fsp3) is 0.833. The number of aromatic nitrogens is 2. The van der Waals surface area contributed by atoms with Crippen molar-refractivity contribution in [3.63, 3.8) is 0 Å². The quantitative estimate of drug-likeness (QED) is 0.843. The molecule has 2 atom stereocenters. The van der Waals surface area contributed by atoms with Gasteiger partial charge in [-0.1, -0.05) is 18.9 Å². The molecule has 1 N–H and O–H groups in total. The number of aryl methyl sites for hydroxylation is 1. The molecule has 0 spiro atoms. The Morgan fingerprint density at radius 3 is 2.59 bits per heavy atom. The van der Waals surface area contributed by atoms with Gasteiger partial charge in [0.2, 0.25) is 5.89 Å². The summed E-state index contributed by atoms with van der Waals surface area (Å²) in [6.07, 6.45) is 4.31. The molecular weight excluding hydrogens is 238 g/mol. The molecule has 5 heteroatoms. The van der Waals surface area contributed by atoms with Crippen LogP contribution in [0.1, 0.15) is 39.0 Å². The molecule has 0 aliphatic heterocycles. The molecule has 0 amide bonds. The van der Waals surface area contributed by atoms with E-state index in [2.05, 4.69) is 29.4 Å². The zero-order valence-corrected chi connectivity index (χ0v) is 11.2. The van der Waals surface area contributed by atoms with Gasteiger partial charge in [0.15, 0.2) is 0 Å². The Morgan fingerprint density at radius 2 is 1.94 bits per heavy atom. The molecule has 2 rings (SSSR count). The van der Waals surface area contributed by atoms with Gasteiger partial charge < -0.3 is 9.73 Å². The van der Waals surface area contributed by atoms with Gasteiger partial charge in [0.1, 0.15) is 0 Å². The molecule has 1 fully saturated rings. The molecule has 2 unspecified atom stereocenters. The van der Waals surface area contributed by atoms with E-state index < -0.39 is 0 Å². The molecular formula is C12H20ClN3O. The molecule has 0 radical (unpaired) electrons. The second kappa shape index (κ2) is 5.71. The minimum absolute atomic E-state index is 0.457. The number of halogens is 1. The van der Waals surface area contributed by atoms with Gasteiger partial charge in [-0.2, -0.15) is 0 Å². The number of alkyl halides is 1. The number of hydrogen-bond donors (Lipinski definition) is 1. The SMILES string of the molecule is CC1CC(C)CC(Nc2nnc(CCCl)o2)C1. The van der Waals surface area contributed by atoms with Gasteiger partial charge in [0.05, 0.1) is 0 Å². The second-order valence-corrected chi connectivity index (χ2v) is 5.58. The minimum atomic E-state index is 0.457. The van der Waals surface area contributed by atoms with E-state index in [-0.39, 0.29) is 0 Å². The average Bonchev–Trinajstić information content (AvgIpc) is 2.64. The van der Waals surface area contributed by atoms with E-state index in [1.165, 1.54) is 19.3 Å². The highest BCUT2D eigenvalue weighted by atomic mass is 35.5. The van der Waals surface area contributed by atoms with Crippen LogP contribution < -0.4 is 5.32 Å². The number of nitrogens with one attached hydrogen (secondary N) is 1. The van der Waals surface area contributed by atoms with Crippen molar-refractivity contribution in [3.8, 4) is 0 Å². The lowest BCUT2D eigenvalue weighted by Crippen LogP contribution is -2.30. The van der Waals surface area contributed by atoms with Gasteiger partial charge in [-0.15, -0.1) is 16.7 Å². The molecule has 1 aliphatic carbocycles. The first kappa shape index (κ1) is 12.7. The fourth-order valence-corrected chi connectivity index (χ4v) is 2.89. The molecule has 0 bridgehead atoms. The van der Waals surface area contributed by atoms with Crippen LogP contribution in [0.25, 0.3) is 0 Å². The maximum Gasteiger partial charge on any atom is 0.315 e. The summed E-state index contributed by atoms with van der Waals surface area (Å²) in [5.74, 6) is 2.65. The Kier molecular flexibility index (Phi) is 4.26. The smallest absolute Gasteiger partial charge is 0.315 e. The highest BCUT2D eigenvalue weighted by Gasteiger charge is 2.24. The Balaban J connectivity index is 1.90. The third-order valence-electron chi connectivity index (χ3n) is 3.28. The summed E-state index contributed by atoms with van der Waals surface area (Å²) in [4.78, 5) is 0. The first-order valence-electron chi connectivity index (χ1n) is 6.32. The lowest BCUT2D eigenvalue weighted by Gasteiger charge is -2.31. The largest absolute Gasteiger partial charge is 0.408 e. The zero-order valence-electron chi connectivity index (χ0n) is 10.4. The maximum absolute atomic E-state index is 5.63. The number of hydrogen-bond acceptors (Lipinski definition) is 4. The van der Waals surface area contributed by atoms with Crippen molar-refractivity contribution in [1.29, 1.82) is 0 Å². The van der Waals surface area contributed by atoms with E-state index >= 15 is 0 Å². The van der Waals surface area contributed by atoms with Crippen LogP contribution in [0.15, 0.2) is 4.42 Å². The van der Waals surface area contributed by atoms with Crippen LogP contribution >= 0.6 is 11.6 Å². The molecule has 0 aromatic carbocycles. The summed E-state index contributed by atoms with van der Waals surface area (Å²) < 4.78 is 5.48. The van der Waals surface area contributed by atoms with Crippen LogP contribution in [-0.2, 0) is 6.42 Å². The summed E-state index contributed by atoms with van der Waals surface area (Å²) >= 11 is 5.63. The van der Waals surface area contributed by atoms with Crippen molar-refractivity contribution in [2.45, 2.75) is 45.6 Å². The average molecular weight is 258 g/mol. The summed E-state index contributed by atoms with van der Waals surface area (Å²) in [5, 5.41) is 11.3. The monoisotopic (exact) mass is 257 g/mol. The van der Waals surface area contributed by atoms with Crippen molar-refractivity contribution >= 4 is 17.6 Å². The van der Waals surface area contributed by atoms with Crippen molar-refractivity contribution in [1.82, 2.24) is 10.2 Å². The summed E-state index contributed by atoms with van der Waals surface area (Å²) in [7, 11) is 0. The minimum Gasteiger partial charge on any atom is -0.408 e. The molecule has 1 aliphatic rings. The standard InChI is InChI=1S/C12H20ClN3O/c1-8-5-9(2)7-10(6-8)14-12-16-15-11(17-12)3-4-13/h8-10H,3-7H2,1-2H3,(H,14,16). The van der Waals surface area contributed by atoms with Crippen LogP contribution in [-0.4, -0.2) is 22.1 Å². The normalized spacial score (nSPS) is 29.2. The second-order valence-electron chi connectivity index (χ2n) is 5.20. The highest BCUT2D eigenvalue weighted by Crippen LogP contribution is 2.30. The molecule has 1 saturated carbocycles. The number of nitrogens with zero attached hydrogens (tertiary/aromatic N) is 2. The zero-order chi connectivity index (χ0) is 12.3. The number of anilines is 1. The first-order valence-corrected chi connectivity index (χ1v) is 6.85. The lowest BCUT2D eigenvalue weighted by atomic mass is 9.80. The van der Waals surface area contributed by atoms with Crippen LogP contribution in [0.4, 0.5) is 6.01 Å². The van der Waals surface area contributed by atoms with Gasteiger partial charge >= 0.3 is 6.01 Å². The Hall–Kier alpha value is -0.770. The molecule has 1 aromatic heterocycles. The molecule has 1 heterocycles. The van der Waals surface area contributed by atoms with Gasteiger partial charge in [-0.05, 0) is 31.1 Å². The predicted molar refractivity (Wildman–Crippen MR) is 68.3 cm³/mol. The van der Waals surface area contributed by atoms with Gasteiger partial charge in [0.25, 0.3) is 0 Å². The maximum atomic E-state index is 5.63. The van der Waals surface area contributed by atoms with Gasteiger partial charge in [-0.25, -0.2) is 0 Å². The van der Waals surface area contributed by atoms with E-state index in [1.807, 2.05) is 0 Å². The third kappa shape index (κ3) is 3.60. The van der Waals surface area contributed by atoms with Crippen LogP contribution in [0.2, 0.25) is 0 Å². The highest BCUT2D eigenvalue weighted by molar-refractivity contribution is 6.17. The van der Waals surface area contributed by atoms with Crippen molar-refractivity contribution in [3.05, 3.63) is 5.89 Å². The lowest BCUT2D eigenvalue weighted by molar-refractivity contribution is 0.277. The first-order chi connectivity index (χ1) is 8.17. The fourth-order valence-electron chi connectivity index (χ4n) is 2.73. The topological polar surface area (TPSA) is 51.0 Å². The molecule has 0 saturated heterocycles. The van der Waals surface area contributed by atoms with Crippen molar-refractivity contribution in [2.75, 3.05) is 11.2 Å². The Bertz CT molecular complexity index is 345. The van der Waals surface area contributed by atoms with Crippen molar-refractivity contribution < 1.29 is 4.42 Å². The van der Waals surface area contributed by atoms with E-state index in [0.29, 0.717) is 30.2 Å². The van der Waals surface area contributed by atoms with Crippen molar-refractivity contribution in [2.24, 2.45) is 11.8 Å². The summed E-state index contributed by atoms with van der Waals surface area (Å²) in [6, 6.07) is 0.995. The van der Waals surface area contributed by atoms with Gasteiger partial charge in [-0.3, -0.25) is 0 Å². The molecule has 96 valence electrons. The molecule has 17 heavy (non-hydrogen) atoms. The molecule has 1 aromatic rings. The van der Waals surface area contributed by atoms with E-state index in [4.69, 9.17) is 16.0 Å². The Morgan fingerprint density at radius 1 is 1.24 bits per heavy atom. The molecule has 4 nitrogen and oxygen atoms in total. The summed E-state index contributed by atoms with van der Waals surface area (Å²) in [5.41, 5.74) is 0. The van der Waals surface area contributed by atoms with Gasteiger partial charge in [0, 0.05) is 18.3 Å². The predicted octanol–water partition coefficient (Wildman–Crippen LogP) is 3.09. The Labute approximate surface area is 107 Å². The third-order valence-corrected chi connectivity index (χ3v) is 3.47.